The minimum atomic E-state index is -0.273. The molecular weight excluding hydrogens is 322 g/mol. The Hall–Kier alpha value is -2.03. The van der Waals surface area contributed by atoms with Crippen LogP contribution in [0, 0.1) is 5.92 Å². The summed E-state index contributed by atoms with van der Waals surface area (Å²) in [6.07, 6.45) is 10.1. The van der Waals surface area contributed by atoms with Crippen molar-refractivity contribution in [2.45, 2.75) is 65.3 Å². The van der Waals surface area contributed by atoms with Crippen molar-refractivity contribution in [2.75, 3.05) is 6.61 Å². The maximum Gasteiger partial charge on any atom is 0.330 e. The highest BCUT2D eigenvalue weighted by atomic mass is 16.5. The highest BCUT2D eigenvalue weighted by molar-refractivity contribution is 5.90. The Balaban J connectivity index is 1.96. The summed E-state index contributed by atoms with van der Waals surface area (Å²) >= 11 is 0. The number of benzene rings is 1. The number of carbonyl (C=O) groups excluding carboxylic acids is 1. The largest absolute Gasteiger partial charge is 0.463 e. The van der Waals surface area contributed by atoms with Gasteiger partial charge in [0.15, 0.2) is 0 Å². The first kappa shape index (κ1) is 18.8. The van der Waals surface area contributed by atoms with Crippen LogP contribution in [0.5, 0.6) is 0 Å². The number of hydrogen-bond acceptors (Lipinski definition) is 2. The molecule has 140 valence electrons. The third-order valence-corrected chi connectivity index (χ3v) is 5.47. The SMILES string of the molecule is CCOC(=O)/C=C/c1cc2cc(C(C)C)ccc2n1CC1CCCCC1. The number of aromatic nitrogens is 1. The van der Waals surface area contributed by atoms with Crippen LogP contribution >= 0.6 is 0 Å². The number of nitrogens with zero attached hydrogens (tertiary/aromatic N) is 1. The number of hydrogen-bond donors (Lipinski definition) is 0. The molecule has 2 aromatic rings. The topological polar surface area (TPSA) is 31.2 Å². The van der Waals surface area contributed by atoms with Gasteiger partial charge in [0.1, 0.15) is 0 Å². The molecule has 0 amide bonds. The number of carbonyl (C=O) groups is 1. The fourth-order valence-electron chi connectivity index (χ4n) is 3.98. The maximum absolute atomic E-state index is 11.8. The molecule has 1 aromatic carbocycles. The van der Waals surface area contributed by atoms with E-state index in [-0.39, 0.29) is 5.97 Å². The van der Waals surface area contributed by atoms with Gasteiger partial charge in [-0.15, -0.1) is 0 Å². The molecule has 0 spiro atoms. The molecule has 1 fully saturated rings. The normalized spacial score (nSPS) is 16.0. The Morgan fingerprint density at radius 2 is 2.00 bits per heavy atom. The second-order valence-electron chi connectivity index (χ2n) is 7.74. The van der Waals surface area contributed by atoms with Crippen molar-refractivity contribution >= 4 is 22.9 Å². The molecule has 3 rings (SSSR count). The van der Waals surface area contributed by atoms with Crippen LogP contribution in [-0.4, -0.2) is 17.1 Å². The zero-order valence-corrected chi connectivity index (χ0v) is 16.3. The second kappa shape index (κ2) is 8.57. The van der Waals surface area contributed by atoms with Crippen molar-refractivity contribution in [3.63, 3.8) is 0 Å². The van der Waals surface area contributed by atoms with Gasteiger partial charge in [-0.2, -0.15) is 0 Å². The van der Waals surface area contributed by atoms with E-state index in [1.807, 2.05) is 13.0 Å². The predicted octanol–water partition coefficient (Wildman–Crippen LogP) is 5.92. The van der Waals surface area contributed by atoms with E-state index in [1.54, 1.807) is 6.08 Å². The standard InChI is InChI=1S/C23H31NO2/c1-4-26-23(25)13-11-21-15-20-14-19(17(2)3)10-12-22(20)24(21)16-18-8-6-5-7-9-18/h10-15,17-18H,4-9,16H2,1-3H3/b13-11+. The molecule has 0 aliphatic heterocycles. The van der Waals surface area contributed by atoms with E-state index in [2.05, 4.69) is 42.7 Å². The number of fused-ring (bicyclic) bond motifs is 1. The molecule has 3 nitrogen and oxygen atoms in total. The molecule has 1 aliphatic carbocycles. The zero-order valence-electron chi connectivity index (χ0n) is 16.3. The molecule has 1 aromatic heterocycles. The Morgan fingerprint density at radius 3 is 2.69 bits per heavy atom. The van der Waals surface area contributed by atoms with Gasteiger partial charge in [0, 0.05) is 29.2 Å². The van der Waals surface area contributed by atoms with Crippen molar-refractivity contribution in [3.8, 4) is 0 Å². The average molecular weight is 354 g/mol. The van der Waals surface area contributed by atoms with Gasteiger partial charge in [-0.3, -0.25) is 0 Å². The fourth-order valence-corrected chi connectivity index (χ4v) is 3.98. The van der Waals surface area contributed by atoms with Crippen molar-refractivity contribution in [2.24, 2.45) is 5.92 Å². The lowest BCUT2D eigenvalue weighted by atomic mass is 9.89. The number of ether oxygens (including phenoxy) is 1. The molecule has 0 N–H and O–H groups in total. The van der Waals surface area contributed by atoms with Gasteiger partial charge in [0.05, 0.1) is 6.61 Å². The Bertz CT molecular complexity index is 779. The van der Waals surface area contributed by atoms with Crippen LogP contribution in [-0.2, 0) is 16.1 Å². The molecule has 1 saturated carbocycles. The maximum atomic E-state index is 11.8. The van der Waals surface area contributed by atoms with Gasteiger partial charge in [-0.25, -0.2) is 4.79 Å². The minimum Gasteiger partial charge on any atom is -0.463 e. The molecule has 0 saturated heterocycles. The van der Waals surface area contributed by atoms with E-state index in [4.69, 9.17) is 4.74 Å². The van der Waals surface area contributed by atoms with Gasteiger partial charge in [0.2, 0.25) is 0 Å². The van der Waals surface area contributed by atoms with E-state index in [0.29, 0.717) is 12.5 Å². The third kappa shape index (κ3) is 4.38. The number of esters is 1. The van der Waals surface area contributed by atoms with Crippen LogP contribution in [0.3, 0.4) is 0 Å². The summed E-state index contributed by atoms with van der Waals surface area (Å²) in [5.41, 5.74) is 3.72. The van der Waals surface area contributed by atoms with E-state index >= 15 is 0 Å². The van der Waals surface area contributed by atoms with Crippen LogP contribution in [0.25, 0.3) is 17.0 Å². The van der Waals surface area contributed by atoms with Crippen molar-refractivity contribution < 1.29 is 9.53 Å². The van der Waals surface area contributed by atoms with Gasteiger partial charge >= 0.3 is 5.97 Å². The molecular formula is C23H31NO2. The van der Waals surface area contributed by atoms with Crippen molar-refractivity contribution in [3.05, 3.63) is 41.6 Å². The summed E-state index contributed by atoms with van der Waals surface area (Å²) in [7, 11) is 0. The Morgan fingerprint density at radius 1 is 1.23 bits per heavy atom. The summed E-state index contributed by atoms with van der Waals surface area (Å²) < 4.78 is 7.44. The van der Waals surface area contributed by atoms with E-state index < -0.39 is 0 Å². The molecule has 3 heteroatoms. The molecule has 0 radical (unpaired) electrons. The van der Waals surface area contributed by atoms with Crippen molar-refractivity contribution in [1.29, 1.82) is 0 Å². The van der Waals surface area contributed by atoms with Crippen LogP contribution < -0.4 is 0 Å². The lowest BCUT2D eigenvalue weighted by Gasteiger charge is -2.23. The Kier molecular flexibility index (Phi) is 6.18. The molecule has 0 bridgehead atoms. The molecule has 0 atom stereocenters. The van der Waals surface area contributed by atoms with Crippen LogP contribution in [0.4, 0.5) is 0 Å². The molecule has 1 aliphatic rings. The average Bonchev–Trinajstić information content (AvgIpc) is 2.98. The van der Waals surface area contributed by atoms with Gasteiger partial charge in [-0.05, 0) is 61.4 Å². The molecule has 26 heavy (non-hydrogen) atoms. The predicted molar refractivity (Wildman–Crippen MR) is 108 cm³/mol. The summed E-state index contributed by atoms with van der Waals surface area (Å²) in [5, 5.41) is 1.26. The quantitative estimate of drug-likeness (QED) is 0.477. The minimum absolute atomic E-state index is 0.273. The monoisotopic (exact) mass is 353 g/mol. The fraction of sp³-hybridized carbons (Fsp3) is 0.522. The first-order chi connectivity index (χ1) is 12.6. The lowest BCUT2D eigenvalue weighted by Crippen LogP contribution is -2.15. The van der Waals surface area contributed by atoms with Crippen LogP contribution in [0.15, 0.2) is 30.3 Å². The van der Waals surface area contributed by atoms with Gasteiger partial charge in [-0.1, -0.05) is 39.2 Å². The molecule has 1 heterocycles. The molecule has 0 unspecified atom stereocenters. The van der Waals surface area contributed by atoms with E-state index in [0.717, 1.165) is 18.2 Å². The number of rotatable bonds is 6. The van der Waals surface area contributed by atoms with Crippen molar-refractivity contribution in [1.82, 2.24) is 4.57 Å². The highest BCUT2D eigenvalue weighted by Crippen LogP contribution is 2.30. The second-order valence-corrected chi connectivity index (χ2v) is 7.74. The third-order valence-electron chi connectivity index (χ3n) is 5.47. The van der Waals surface area contributed by atoms with Gasteiger partial charge < -0.3 is 9.30 Å². The van der Waals surface area contributed by atoms with Crippen LogP contribution in [0.1, 0.15) is 70.1 Å². The van der Waals surface area contributed by atoms with E-state index in [1.165, 1.54) is 48.6 Å². The summed E-state index contributed by atoms with van der Waals surface area (Å²) in [6.45, 7) is 7.72. The van der Waals surface area contributed by atoms with Crippen LogP contribution in [0.2, 0.25) is 0 Å². The van der Waals surface area contributed by atoms with Gasteiger partial charge in [0.25, 0.3) is 0 Å². The first-order valence-corrected chi connectivity index (χ1v) is 10.1. The Labute approximate surface area is 157 Å². The zero-order chi connectivity index (χ0) is 18.5. The first-order valence-electron chi connectivity index (χ1n) is 10.1. The highest BCUT2D eigenvalue weighted by Gasteiger charge is 2.17. The van der Waals surface area contributed by atoms with E-state index in [9.17, 15) is 4.79 Å². The summed E-state index contributed by atoms with van der Waals surface area (Å²) in [6, 6.07) is 8.98. The summed E-state index contributed by atoms with van der Waals surface area (Å²) in [4.78, 5) is 11.8. The summed E-state index contributed by atoms with van der Waals surface area (Å²) in [5.74, 6) is 0.975. The smallest absolute Gasteiger partial charge is 0.330 e. The lowest BCUT2D eigenvalue weighted by molar-refractivity contribution is -0.137.